The summed E-state index contributed by atoms with van der Waals surface area (Å²) in [5, 5.41) is 11.8. The second-order valence-corrected chi connectivity index (χ2v) is 4.90. The minimum Gasteiger partial charge on any atom is -0.395 e. The Labute approximate surface area is 124 Å². The van der Waals surface area contributed by atoms with Crippen LogP contribution >= 0.6 is 12.2 Å². The minimum atomic E-state index is -0.303. The van der Waals surface area contributed by atoms with Crippen molar-refractivity contribution in [2.45, 2.75) is 19.9 Å². The lowest BCUT2D eigenvalue weighted by atomic mass is 10.2. The summed E-state index contributed by atoms with van der Waals surface area (Å²) in [6.45, 7) is 4.99. The van der Waals surface area contributed by atoms with Gasteiger partial charge in [0.1, 0.15) is 4.99 Å². The van der Waals surface area contributed by atoms with Crippen molar-refractivity contribution in [1.82, 2.24) is 4.90 Å². The van der Waals surface area contributed by atoms with Crippen molar-refractivity contribution in [3.05, 3.63) is 29.8 Å². The van der Waals surface area contributed by atoms with E-state index in [4.69, 9.17) is 23.1 Å². The predicted octanol–water partition coefficient (Wildman–Crippen LogP) is 0.962. The lowest BCUT2D eigenvalue weighted by molar-refractivity contribution is -0.120. The highest BCUT2D eigenvalue weighted by Gasteiger charge is 2.19. The van der Waals surface area contributed by atoms with E-state index >= 15 is 0 Å². The van der Waals surface area contributed by atoms with Crippen LogP contribution in [-0.2, 0) is 4.79 Å². The molecule has 6 heteroatoms. The number of rotatable bonds is 7. The Kier molecular flexibility index (Phi) is 6.57. The summed E-state index contributed by atoms with van der Waals surface area (Å²) < 4.78 is 0. The Morgan fingerprint density at radius 1 is 1.45 bits per heavy atom. The van der Waals surface area contributed by atoms with E-state index in [1.807, 2.05) is 18.7 Å². The van der Waals surface area contributed by atoms with Crippen LogP contribution in [0.3, 0.4) is 0 Å². The fraction of sp³-hybridized carbons (Fsp3) is 0.429. The molecule has 1 rings (SSSR count). The summed E-state index contributed by atoms with van der Waals surface area (Å²) in [5.41, 5.74) is 6.98. The normalized spacial score (nSPS) is 12.2. The Balaban J connectivity index is 2.67. The Bertz CT molecular complexity index is 462. The third-order valence-corrected chi connectivity index (χ3v) is 3.39. The SMILES string of the molecule is CCN(CCO)C(C)C(=O)Nc1ccc(C(N)=S)cc1. The van der Waals surface area contributed by atoms with E-state index in [0.717, 1.165) is 5.56 Å². The molecular weight excluding hydrogens is 274 g/mol. The van der Waals surface area contributed by atoms with Crippen LogP contribution in [0.15, 0.2) is 24.3 Å². The molecule has 0 aliphatic rings. The Hall–Kier alpha value is -1.50. The average Bonchev–Trinajstić information content (AvgIpc) is 2.44. The largest absolute Gasteiger partial charge is 0.395 e. The summed E-state index contributed by atoms with van der Waals surface area (Å²) in [4.78, 5) is 14.4. The predicted molar refractivity (Wildman–Crippen MR) is 84.8 cm³/mol. The molecule has 110 valence electrons. The van der Waals surface area contributed by atoms with Gasteiger partial charge in [-0.3, -0.25) is 9.69 Å². The van der Waals surface area contributed by atoms with Crippen LogP contribution in [0.5, 0.6) is 0 Å². The van der Waals surface area contributed by atoms with E-state index in [0.29, 0.717) is 23.8 Å². The zero-order valence-corrected chi connectivity index (χ0v) is 12.6. The summed E-state index contributed by atoms with van der Waals surface area (Å²) in [6, 6.07) is 6.77. The number of benzene rings is 1. The van der Waals surface area contributed by atoms with Crippen LogP contribution < -0.4 is 11.1 Å². The summed E-state index contributed by atoms with van der Waals surface area (Å²) in [7, 11) is 0. The molecule has 0 aliphatic heterocycles. The first kappa shape index (κ1) is 16.6. The molecule has 0 spiro atoms. The Morgan fingerprint density at radius 3 is 2.50 bits per heavy atom. The number of carbonyl (C=O) groups is 1. The molecule has 0 heterocycles. The Morgan fingerprint density at radius 2 is 2.05 bits per heavy atom. The third kappa shape index (κ3) is 4.56. The van der Waals surface area contributed by atoms with Gasteiger partial charge in [-0.1, -0.05) is 19.1 Å². The topological polar surface area (TPSA) is 78.6 Å². The maximum absolute atomic E-state index is 12.1. The van der Waals surface area contributed by atoms with Crippen molar-refractivity contribution in [2.75, 3.05) is 25.0 Å². The second-order valence-electron chi connectivity index (χ2n) is 4.46. The summed E-state index contributed by atoms with van der Waals surface area (Å²) in [6.07, 6.45) is 0. The number of aliphatic hydroxyl groups is 1. The van der Waals surface area contributed by atoms with Crippen molar-refractivity contribution in [1.29, 1.82) is 0 Å². The van der Waals surface area contributed by atoms with Gasteiger partial charge in [0.15, 0.2) is 0 Å². The van der Waals surface area contributed by atoms with E-state index < -0.39 is 0 Å². The molecule has 4 N–H and O–H groups in total. The van der Waals surface area contributed by atoms with Crippen LogP contribution in [0.4, 0.5) is 5.69 Å². The zero-order chi connectivity index (χ0) is 15.1. The van der Waals surface area contributed by atoms with Crippen LogP contribution in [0.2, 0.25) is 0 Å². The fourth-order valence-electron chi connectivity index (χ4n) is 1.88. The number of likely N-dealkylation sites (N-methyl/N-ethyl adjacent to an activating group) is 1. The third-order valence-electron chi connectivity index (χ3n) is 3.16. The van der Waals surface area contributed by atoms with Gasteiger partial charge in [-0.2, -0.15) is 0 Å². The number of nitrogens with two attached hydrogens (primary N) is 1. The maximum Gasteiger partial charge on any atom is 0.241 e. The first-order valence-corrected chi connectivity index (χ1v) is 6.96. The molecule has 0 fully saturated rings. The quantitative estimate of drug-likeness (QED) is 0.653. The number of hydrogen-bond acceptors (Lipinski definition) is 4. The number of carbonyl (C=O) groups excluding carboxylic acids is 1. The fourth-order valence-corrected chi connectivity index (χ4v) is 2.02. The van der Waals surface area contributed by atoms with E-state index in [2.05, 4.69) is 5.32 Å². The number of nitrogens with zero attached hydrogens (tertiary/aromatic N) is 1. The van der Waals surface area contributed by atoms with Gasteiger partial charge in [-0.25, -0.2) is 0 Å². The molecule has 20 heavy (non-hydrogen) atoms. The molecule has 1 unspecified atom stereocenters. The lowest BCUT2D eigenvalue weighted by Crippen LogP contribution is -2.43. The standard InChI is InChI=1S/C14H21N3O2S/c1-3-17(8-9-18)10(2)14(19)16-12-6-4-11(5-7-12)13(15)20/h4-7,10,18H,3,8-9H2,1-2H3,(H2,15,20)(H,16,19). The van der Waals surface area contributed by atoms with E-state index in [1.54, 1.807) is 24.3 Å². The van der Waals surface area contributed by atoms with E-state index in [-0.39, 0.29) is 18.6 Å². The van der Waals surface area contributed by atoms with Gasteiger partial charge in [0, 0.05) is 17.8 Å². The molecule has 1 aromatic carbocycles. The molecule has 1 atom stereocenters. The van der Waals surface area contributed by atoms with Crippen molar-refractivity contribution in [3.63, 3.8) is 0 Å². The second kappa shape index (κ2) is 7.94. The van der Waals surface area contributed by atoms with Crippen molar-refractivity contribution in [3.8, 4) is 0 Å². The zero-order valence-electron chi connectivity index (χ0n) is 11.8. The maximum atomic E-state index is 12.1. The lowest BCUT2D eigenvalue weighted by Gasteiger charge is -2.26. The molecule has 0 radical (unpaired) electrons. The number of hydrogen-bond donors (Lipinski definition) is 3. The average molecular weight is 295 g/mol. The van der Waals surface area contributed by atoms with Gasteiger partial charge in [-0.15, -0.1) is 0 Å². The first-order chi connectivity index (χ1) is 9.49. The van der Waals surface area contributed by atoms with Crippen LogP contribution in [0.1, 0.15) is 19.4 Å². The van der Waals surface area contributed by atoms with Crippen LogP contribution in [0.25, 0.3) is 0 Å². The van der Waals surface area contributed by atoms with Crippen LogP contribution in [0, 0.1) is 0 Å². The molecule has 0 saturated heterocycles. The highest BCUT2D eigenvalue weighted by molar-refractivity contribution is 7.80. The first-order valence-electron chi connectivity index (χ1n) is 6.55. The highest BCUT2D eigenvalue weighted by atomic mass is 32.1. The summed E-state index contributed by atoms with van der Waals surface area (Å²) >= 11 is 4.87. The van der Waals surface area contributed by atoms with Gasteiger partial charge in [0.25, 0.3) is 0 Å². The molecule has 0 bridgehead atoms. The summed E-state index contributed by atoms with van der Waals surface area (Å²) in [5.74, 6) is -0.108. The monoisotopic (exact) mass is 295 g/mol. The molecule has 1 aromatic rings. The molecule has 5 nitrogen and oxygen atoms in total. The highest BCUT2D eigenvalue weighted by Crippen LogP contribution is 2.11. The smallest absolute Gasteiger partial charge is 0.241 e. The van der Waals surface area contributed by atoms with Crippen LogP contribution in [-0.4, -0.2) is 46.6 Å². The molecule has 1 amide bonds. The van der Waals surface area contributed by atoms with Gasteiger partial charge in [0.05, 0.1) is 12.6 Å². The number of aliphatic hydroxyl groups excluding tert-OH is 1. The number of thiocarbonyl (C=S) groups is 1. The van der Waals surface area contributed by atoms with E-state index in [1.165, 1.54) is 0 Å². The number of anilines is 1. The van der Waals surface area contributed by atoms with Crippen molar-refractivity contribution >= 4 is 28.8 Å². The van der Waals surface area contributed by atoms with Gasteiger partial charge in [0.2, 0.25) is 5.91 Å². The number of amides is 1. The molecule has 0 aliphatic carbocycles. The van der Waals surface area contributed by atoms with Crippen molar-refractivity contribution < 1.29 is 9.90 Å². The molecular formula is C14H21N3O2S. The molecule has 0 aromatic heterocycles. The minimum absolute atomic E-state index is 0.0358. The molecule has 0 saturated carbocycles. The van der Waals surface area contributed by atoms with Gasteiger partial charge >= 0.3 is 0 Å². The number of nitrogens with one attached hydrogen (secondary N) is 1. The van der Waals surface area contributed by atoms with Gasteiger partial charge < -0.3 is 16.2 Å². The van der Waals surface area contributed by atoms with E-state index in [9.17, 15) is 4.79 Å². The van der Waals surface area contributed by atoms with Gasteiger partial charge in [-0.05, 0) is 37.7 Å². The van der Waals surface area contributed by atoms with Crippen molar-refractivity contribution in [2.24, 2.45) is 5.73 Å².